The molecule has 0 aliphatic rings. The number of thiazole rings is 1. The van der Waals surface area contributed by atoms with E-state index in [1.807, 2.05) is 0 Å². The normalized spacial score (nSPS) is 12.7. The molecule has 0 radical (unpaired) electrons. The zero-order valence-corrected chi connectivity index (χ0v) is 21.1. The van der Waals surface area contributed by atoms with Gasteiger partial charge in [0, 0.05) is 5.02 Å². The summed E-state index contributed by atoms with van der Waals surface area (Å²) in [4.78, 5) is 16.1. The minimum atomic E-state index is -3.91. The number of fused-ring (bicyclic) bond motifs is 1. The molecular weight excluding hydrogens is 511 g/mol. The standard InChI is InChI=1S/C21H22Cl2N2O4S3/c1-2-3-4-5-6-17(20(26)27)30-21-24-16-9-8-14(12-18(16)31-21)25-32(28,29)19-10-7-13(22)11-15(19)23/h7-12,17,25H,2-6H2,1H3,(H,26,27)/t17-/m0/s1. The van der Waals surface area contributed by atoms with Crippen LogP contribution in [-0.4, -0.2) is 29.7 Å². The number of benzene rings is 2. The summed E-state index contributed by atoms with van der Waals surface area (Å²) in [5, 5.41) is 9.36. The predicted molar refractivity (Wildman–Crippen MR) is 133 cm³/mol. The highest BCUT2D eigenvalue weighted by Crippen LogP contribution is 2.35. The average Bonchev–Trinajstić information content (AvgIpc) is 3.11. The van der Waals surface area contributed by atoms with Crippen LogP contribution in [0.25, 0.3) is 10.2 Å². The van der Waals surface area contributed by atoms with Gasteiger partial charge < -0.3 is 5.11 Å². The number of nitrogens with one attached hydrogen (secondary N) is 1. The SMILES string of the molecule is CCCCCC[C@H](Sc1nc2ccc(NS(=O)(=O)c3ccc(Cl)cc3Cl)cc2s1)C(=O)O. The van der Waals surface area contributed by atoms with Crippen molar-refractivity contribution in [2.75, 3.05) is 4.72 Å². The van der Waals surface area contributed by atoms with Crippen molar-refractivity contribution < 1.29 is 18.3 Å². The van der Waals surface area contributed by atoms with Crippen molar-refractivity contribution in [3.63, 3.8) is 0 Å². The van der Waals surface area contributed by atoms with Gasteiger partial charge in [0.15, 0.2) is 4.34 Å². The number of anilines is 1. The Labute approximate surface area is 205 Å². The molecule has 1 heterocycles. The van der Waals surface area contributed by atoms with Crippen molar-refractivity contribution in [2.24, 2.45) is 0 Å². The molecule has 1 atom stereocenters. The van der Waals surface area contributed by atoms with Gasteiger partial charge in [-0.15, -0.1) is 11.3 Å². The number of aromatic nitrogens is 1. The highest BCUT2D eigenvalue weighted by molar-refractivity contribution is 8.02. The van der Waals surface area contributed by atoms with Gasteiger partial charge in [0.05, 0.1) is 20.9 Å². The summed E-state index contributed by atoms with van der Waals surface area (Å²) < 4.78 is 29.4. The first-order valence-electron chi connectivity index (χ1n) is 9.97. The molecule has 0 saturated heterocycles. The number of carboxylic acids is 1. The number of hydrogen-bond donors (Lipinski definition) is 2. The van der Waals surface area contributed by atoms with Gasteiger partial charge in [0.1, 0.15) is 10.1 Å². The van der Waals surface area contributed by atoms with Crippen LogP contribution >= 0.6 is 46.3 Å². The van der Waals surface area contributed by atoms with E-state index >= 15 is 0 Å². The first-order chi connectivity index (χ1) is 15.2. The van der Waals surface area contributed by atoms with E-state index in [1.165, 1.54) is 41.3 Å². The summed E-state index contributed by atoms with van der Waals surface area (Å²) >= 11 is 14.5. The lowest BCUT2D eigenvalue weighted by atomic mass is 10.1. The number of aliphatic carboxylic acids is 1. The molecule has 0 aliphatic heterocycles. The van der Waals surface area contributed by atoms with E-state index in [4.69, 9.17) is 23.2 Å². The Bertz CT molecular complexity index is 1210. The summed E-state index contributed by atoms with van der Waals surface area (Å²) in [6.45, 7) is 2.11. The van der Waals surface area contributed by atoms with Crippen molar-refractivity contribution in [1.82, 2.24) is 4.98 Å². The highest BCUT2D eigenvalue weighted by Gasteiger charge is 2.22. The first-order valence-corrected chi connectivity index (χ1v) is 13.9. The van der Waals surface area contributed by atoms with Crippen molar-refractivity contribution in [3.8, 4) is 0 Å². The fourth-order valence-corrected chi connectivity index (χ4v) is 7.18. The topological polar surface area (TPSA) is 96.4 Å². The second-order valence-corrected chi connectivity index (χ2v) is 12.1. The summed E-state index contributed by atoms with van der Waals surface area (Å²) in [6, 6.07) is 9.16. The molecule has 1 aromatic heterocycles. The minimum Gasteiger partial charge on any atom is -0.480 e. The maximum absolute atomic E-state index is 12.7. The van der Waals surface area contributed by atoms with Gasteiger partial charge in [-0.1, -0.05) is 67.6 Å². The Balaban J connectivity index is 1.76. The molecule has 0 unspecified atom stereocenters. The molecule has 0 saturated carbocycles. The minimum absolute atomic E-state index is 0.0289. The number of thioether (sulfide) groups is 1. The van der Waals surface area contributed by atoms with Crippen LogP contribution in [0.5, 0.6) is 0 Å². The summed E-state index contributed by atoms with van der Waals surface area (Å²) in [5.41, 5.74) is 1.04. The van der Waals surface area contributed by atoms with Gasteiger partial charge in [-0.3, -0.25) is 9.52 Å². The third-order valence-electron chi connectivity index (χ3n) is 4.64. The monoisotopic (exact) mass is 532 g/mol. The third kappa shape index (κ3) is 6.51. The number of sulfonamides is 1. The molecule has 0 spiro atoms. The molecule has 2 aromatic carbocycles. The Morgan fingerprint density at radius 1 is 1.19 bits per heavy atom. The predicted octanol–water partition coefficient (Wildman–Crippen LogP) is 6.92. The Kier molecular flexibility index (Phi) is 8.68. The zero-order chi connectivity index (χ0) is 23.3. The van der Waals surface area contributed by atoms with Crippen molar-refractivity contribution in [1.29, 1.82) is 0 Å². The highest BCUT2D eigenvalue weighted by atomic mass is 35.5. The molecule has 11 heteroatoms. The van der Waals surface area contributed by atoms with Crippen molar-refractivity contribution >= 4 is 78.2 Å². The van der Waals surface area contributed by atoms with E-state index in [-0.39, 0.29) is 9.92 Å². The summed E-state index contributed by atoms with van der Waals surface area (Å²) in [7, 11) is -3.91. The number of rotatable bonds is 11. The average molecular weight is 534 g/mol. The maximum Gasteiger partial charge on any atom is 0.317 e. The van der Waals surface area contributed by atoms with Crippen molar-refractivity contribution in [2.45, 2.75) is 53.5 Å². The molecule has 172 valence electrons. The van der Waals surface area contributed by atoms with Gasteiger partial charge >= 0.3 is 5.97 Å². The molecule has 2 N–H and O–H groups in total. The Morgan fingerprint density at radius 3 is 2.66 bits per heavy atom. The van der Waals surface area contributed by atoms with E-state index in [0.29, 0.717) is 27.0 Å². The molecule has 0 amide bonds. The Hall–Kier alpha value is -1.52. The van der Waals surface area contributed by atoms with Crippen LogP contribution in [0.4, 0.5) is 5.69 Å². The molecule has 6 nitrogen and oxygen atoms in total. The number of nitrogens with zero attached hydrogens (tertiary/aromatic N) is 1. The molecule has 3 aromatic rings. The molecule has 0 aliphatic carbocycles. The molecule has 32 heavy (non-hydrogen) atoms. The van der Waals surface area contributed by atoms with E-state index in [2.05, 4.69) is 16.6 Å². The summed E-state index contributed by atoms with van der Waals surface area (Å²) in [6.07, 6.45) is 4.66. The van der Waals surface area contributed by atoms with Crippen LogP contribution in [0.2, 0.25) is 10.0 Å². The quantitative estimate of drug-likeness (QED) is 0.205. The smallest absolute Gasteiger partial charge is 0.317 e. The number of unbranched alkanes of at least 4 members (excludes halogenated alkanes) is 3. The van der Waals surface area contributed by atoms with E-state index in [9.17, 15) is 18.3 Å². The van der Waals surface area contributed by atoms with Gasteiger partial charge in [-0.05, 0) is 42.8 Å². The van der Waals surface area contributed by atoms with E-state index < -0.39 is 21.2 Å². The van der Waals surface area contributed by atoms with Gasteiger partial charge in [0.2, 0.25) is 0 Å². The zero-order valence-electron chi connectivity index (χ0n) is 17.2. The third-order valence-corrected chi connectivity index (χ3v) is 9.11. The van der Waals surface area contributed by atoms with Crippen LogP contribution in [-0.2, 0) is 14.8 Å². The molecular formula is C21H22Cl2N2O4S3. The van der Waals surface area contributed by atoms with E-state index in [1.54, 1.807) is 18.2 Å². The fourth-order valence-electron chi connectivity index (χ4n) is 3.03. The van der Waals surface area contributed by atoms with Gasteiger partial charge in [-0.2, -0.15) is 0 Å². The van der Waals surface area contributed by atoms with Crippen LogP contribution in [0, 0.1) is 0 Å². The maximum atomic E-state index is 12.7. The largest absolute Gasteiger partial charge is 0.480 e. The van der Waals surface area contributed by atoms with Crippen LogP contribution in [0.15, 0.2) is 45.6 Å². The van der Waals surface area contributed by atoms with Crippen LogP contribution in [0.3, 0.4) is 0 Å². The second kappa shape index (κ2) is 11.1. The van der Waals surface area contributed by atoms with Crippen LogP contribution < -0.4 is 4.72 Å². The Morgan fingerprint density at radius 2 is 1.97 bits per heavy atom. The lowest BCUT2D eigenvalue weighted by Crippen LogP contribution is -2.15. The lowest BCUT2D eigenvalue weighted by molar-refractivity contribution is -0.136. The van der Waals surface area contributed by atoms with E-state index in [0.717, 1.165) is 30.4 Å². The van der Waals surface area contributed by atoms with Crippen LogP contribution in [0.1, 0.15) is 39.0 Å². The number of carboxylic acid groups (broad SMARTS) is 1. The number of hydrogen-bond acceptors (Lipinski definition) is 6. The first kappa shape index (κ1) is 25.1. The lowest BCUT2D eigenvalue weighted by Gasteiger charge is -2.09. The second-order valence-electron chi connectivity index (χ2n) is 7.14. The molecule has 0 fully saturated rings. The molecule has 3 rings (SSSR count). The summed E-state index contributed by atoms with van der Waals surface area (Å²) in [5.74, 6) is -0.848. The fraction of sp³-hybridized carbons (Fsp3) is 0.333. The van der Waals surface area contributed by atoms with Gasteiger partial charge in [-0.25, -0.2) is 13.4 Å². The number of halogens is 2. The number of carbonyl (C=O) groups is 1. The van der Waals surface area contributed by atoms with Gasteiger partial charge in [0.25, 0.3) is 10.0 Å². The molecule has 0 bridgehead atoms. The van der Waals surface area contributed by atoms with Crippen molar-refractivity contribution in [3.05, 3.63) is 46.4 Å².